The summed E-state index contributed by atoms with van der Waals surface area (Å²) >= 11 is 0. The second-order valence-electron chi connectivity index (χ2n) is 5.02. The van der Waals surface area contributed by atoms with Gasteiger partial charge in [0, 0.05) is 6.42 Å². The smallest absolute Gasteiger partial charge is 0.306 e. The molecule has 0 rings (SSSR count). The standard InChI is InChI=1S/C16H31O2/c1-3-5-7-9-11-13-15-18-16(17)14-12-10-8-6-4-2/h15H,3-14H2,1-2H3. The van der Waals surface area contributed by atoms with Crippen molar-refractivity contribution < 1.29 is 9.53 Å². The van der Waals surface area contributed by atoms with Gasteiger partial charge >= 0.3 is 5.97 Å². The van der Waals surface area contributed by atoms with Gasteiger partial charge < -0.3 is 4.74 Å². The lowest BCUT2D eigenvalue weighted by Gasteiger charge is -2.04. The number of carbonyl (C=O) groups is 1. The van der Waals surface area contributed by atoms with E-state index in [-0.39, 0.29) is 5.97 Å². The highest BCUT2D eigenvalue weighted by Gasteiger charge is 2.02. The number of unbranched alkanes of at least 4 members (excludes halogenated alkanes) is 9. The van der Waals surface area contributed by atoms with Crippen LogP contribution in [0.4, 0.5) is 0 Å². The van der Waals surface area contributed by atoms with Crippen LogP contribution in [0.15, 0.2) is 0 Å². The van der Waals surface area contributed by atoms with Gasteiger partial charge in [0.15, 0.2) is 0 Å². The maximum Gasteiger partial charge on any atom is 0.306 e. The number of esters is 1. The van der Waals surface area contributed by atoms with E-state index in [0.717, 1.165) is 25.7 Å². The van der Waals surface area contributed by atoms with E-state index in [1.54, 1.807) is 6.61 Å². The van der Waals surface area contributed by atoms with Crippen molar-refractivity contribution in [2.45, 2.75) is 90.9 Å². The maximum absolute atomic E-state index is 11.4. The van der Waals surface area contributed by atoms with Gasteiger partial charge in [-0.3, -0.25) is 4.79 Å². The van der Waals surface area contributed by atoms with E-state index in [4.69, 9.17) is 4.74 Å². The van der Waals surface area contributed by atoms with Crippen LogP contribution in [0, 0.1) is 6.61 Å². The molecule has 0 amide bonds. The van der Waals surface area contributed by atoms with Crippen LogP contribution < -0.4 is 0 Å². The van der Waals surface area contributed by atoms with Crippen LogP contribution in [0.1, 0.15) is 90.9 Å². The molecular formula is C16H31O2. The fourth-order valence-electron chi connectivity index (χ4n) is 1.91. The molecule has 0 aliphatic heterocycles. The zero-order valence-electron chi connectivity index (χ0n) is 12.4. The molecule has 0 aromatic carbocycles. The second-order valence-corrected chi connectivity index (χ2v) is 5.02. The molecular weight excluding hydrogens is 224 g/mol. The van der Waals surface area contributed by atoms with Crippen molar-refractivity contribution in [1.29, 1.82) is 0 Å². The molecule has 0 aromatic heterocycles. The molecule has 1 radical (unpaired) electrons. The van der Waals surface area contributed by atoms with Crippen molar-refractivity contribution in [3.63, 3.8) is 0 Å². The first-order valence-electron chi connectivity index (χ1n) is 7.82. The Kier molecular flexibility index (Phi) is 14.1. The van der Waals surface area contributed by atoms with Gasteiger partial charge in [-0.2, -0.15) is 0 Å². The van der Waals surface area contributed by atoms with E-state index in [9.17, 15) is 4.79 Å². The topological polar surface area (TPSA) is 26.3 Å². The highest BCUT2D eigenvalue weighted by atomic mass is 16.5. The van der Waals surface area contributed by atoms with E-state index in [1.165, 1.54) is 44.9 Å². The molecule has 0 saturated heterocycles. The summed E-state index contributed by atoms with van der Waals surface area (Å²) in [5.74, 6) is -0.0555. The minimum absolute atomic E-state index is 0.0555. The van der Waals surface area contributed by atoms with E-state index >= 15 is 0 Å². The van der Waals surface area contributed by atoms with Gasteiger partial charge in [0.05, 0.1) is 0 Å². The quantitative estimate of drug-likeness (QED) is 0.325. The molecule has 0 aliphatic rings. The maximum atomic E-state index is 11.4. The highest BCUT2D eigenvalue weighted by Crippen LogP contribution is 2.09. The Morgan fingerprint density at radius 1 is 0.833 bits per heavy atom. The van der Waals surface area contributed by atoms with Gasteiger partial charge in [-0.15, -0.1) is 0 Å². The zero-order chi connectivity index (χ0) is 13.5. The predicted molar refractivity (Wildman–Crippen MR) is 77.1 cm³/mol. The van der Waals surface area contributed by atoms with E-state index < -0.39 is 0 Å². The SMILES string of the molecule is CCCCCCC[CH]OC(=O)CCCCCCC. The summed E-state index contributed by atoms with van der Waals surface area (Å²) in [6, 6.07) is 0. The van der Waals surface area contributed by atoms with Crippen molar-refractivity contribution in [2.24, 2.45) is 0 Å². The zero-order valence-corrected chi connectivity index (χ0v) is 12.4. The Labute approximate surface area is 113 Å². The van der Waals surface area contributed by atoms with Crippen molar-refractivity contribution in [1.82, 2.24) is 0 Å². The first-order valence-corrected chi connectivity index (χ1v) is 7.82. The number of hydrogen-bond acceptors (Lipinski definition) is 2. The molecule has 0 unspecified atom stereocenters. The number of carbonyl (C=O) groups excluding carboxylic acids is 1. The summed E-state index contributed by atoms with van der Waals surface area (Å²) < 4.78 is 5.09. The van der Waals surface area contributed by atoms with E-state index in [2.05, 4.69) is 13.8 Å². The summed E-state index contributed by atoms with van der Waals surface area (Å²) in [6.07, 6.45) is 13.7. The van der Waals surface area contributed by atoms with Gasteiger partial charge in [0.1, 0.15) is 6.61 Å². The van der Waals surface area contributed by atoms with Gasteiger partial charge in [-0.05, 0) is 19.3 Å². The molecule has 0 heterocycles. The average molecular weight is 255 g/mol. The summed E-state index contributed by atoms with van der Waals surface area (Å²) in [7, 11) is 0. The van der Waals surface area contributed by atoms with Crippen LogP contribution >= 0.6 is 0 Å². The lowest BCUT2D eigenvalue weighted by atomic mass is 10.1. The van der Waals surface area contributed by atoms with Crippen LogP contribution in [0.5, 0.6) is 0 Å². The monoisotopic (exact) mass is 255 g/mol. The van der Waals surface area contributed by atoms with E-state index in [0.29, 0.717) is 6.42 Å². The van der Waals surface area contributed by atoms with Crippen molar-refractivity contribution in [2.75, 3.05) is 0 Å². The third-order valence-corrected chi connectivity index (χ3v) is 3.12. The molecule has 0 bridgehead atoms. The van der Waals surface area contributed by atoms with Crippen LogP contribution in [-0.2, 0) is 9.53 Å². The van der Waals surface area contributed by atoms with Crippen LogP contribution in [0.2, 0.25) is 0 Å². The molecule has 107 valence electrons. The van der Waals surface area contributed by atoms with Crippen LogP contribution in [0.25, 0.3) is 0 Å². The van der Waals surface area contributed by atoms with Crippen LogP contribution in [-0.4, -0.2) is 5.97 Å². The number of rotatable bonds is 13. The first-order chi connectivity index (χ1) is 8.81. The Balaban J connectivity index is 3.12. The fraction of sp³-hybridized carbons (Fsp3) is 0.875. The molecule has 2 nitrogen and oxygen atoms in total. The molecule has 2 heteroatoms. The molecule has 0 N–H and O–H groups in total. The molecule has 0 fully saturated rings. The summed E-state index contributed by atoms with van der Waals surface area (Å²) in [6.45, 7) is 6.11. The summed E-state index contributed by atoms with van der Waals surface area (Å²) in [4.78, 5) is 11.4. The number of ether oxygens (including phenoxy) is 1. The van der Waals surface area contributed by atoms with Gasteiger partial charge in [-0.25, -0.2) is 0 Å². The van der Waals surface area contributed by atoms with E-state index in [1.807, 2.05) is 0 Å². The van der Waals surface area contributed by atoms with Crippen LogP contribution in [0.3, 0.4) is 0 Å². The molecule has 0 spiro atoms. The third-order valence-electron chi connectivity index (χ3n) is 3.12. The highest BCUT2D eigenvalue weighted by molar-refractivity contribution is 5.69. The van der Waals surface area contributed by atoms with Crippen molar-refractivity contribution in [3.05, 3.63) is 6.61 Å². The van der Waals surface area contributed by atoms with Gasteiger partial charge in [0.2, 0.25) is 0 Å². The Bertz CT molecular complexity index is 178. The lowest BCUT2D eigenvalue weighted by molar-refractivity contribution is -0.140. The molecule has 0 aromatic rings. The molecule has 18 heavy (non-hydrogen) atoms. The Hall–Kier alpha value is -0.530. The van der Waals surface area contributed by atoms with Crippen molar-refractivity contribution >= 4 is 5.97 Å². The minimum atomic E-state index is -0.0555. The first kappa shape index (κ1) is 17.5. The number of hydrogen-bond donors (Lipinski definition) is 0. The third kappa shape index (κ3) is 13.5. The minimum Gasteiger partial charge on any atom is -0.458 e. The van der Waals surface area contributed by atoms with Crippen molar-refractivity contribution in [3.8, 4) is 0 Å². The normalized spacial score (nSPS) is 10.6. The molecule has 0 saturated carbocycles. The second kappa shape index (κ2) is 14.5. The fourth-order valence-corrected chi connectivity index (χ4v) is 1.91. The molecule has 0 aliphatic carbocycles. The Morgan fingerprint density at radius 3 is 2.00 bits per heavy atom. The Morgan fingerprint density at radius 2 is 1.39 bits per heavy atom. The van der Waals surface area contributed by atoms with Gasteiger partial charge in [-0.1, -0.05) is 65.2 Å². The average Bonchev–Trinajstić information content (AvgIpc) is 2.37. The van der Waals surface area contributed by atoms with Gasteiger partial charge in [0.25, 0.3) is 0 Å². The largest absolute Gasteiger partial charge is 0.458 e. The lowest BCUT2D eigenvalue weighted by Crippen LogP contribution is -2.02. The molecule has 0 atom stereocenters. The predicted octanol–water partition coefficient (Wildman–Crippen LogP) is 5.41. The summed E-state index contributed by atoms with van der Waals surface area (Å²) in [5.41, 5.74) is 0. The summed E-state index contributed by atoms with van der Waals surface area (Å²) in [5, 5.41) is 0.